The van der Waals surface area contributed by atoms with Gasteiger partial charge in [0, 0.05) is 12.5 Å². The zero-order valence-electron chi connectivity index (χ0n) is 10.9. The van der Waals surface area contributed by atoms with E-state index in [1.165, 1.54) is 12.1 Å². The van der Waals surface area contributed by atoms with Gasteiger partial charge in [-0.25, -0.2) is 8.78 Å². The quantitative estimate of drug-likeness (QED) is 0.868. The Labute approximate surface area is 112 Å². The van der Waals surface area contributed by atoms with Gasteiger partial charge in [-0.2, -0.15) is 0 Å². The maximum Gasteiger partial charge on any atom is 0.126 e. The second kappa shape index (κ2) is 6.43. The van der Waals surface area contributed by atoms with E-state index in [2.05, 4.69) is 5.32 Å². The minimum absolute atomic E-state index is 0.0805. The van der Waals surface area contributed by atoms with E-state index in [9.17, 15) is 8.78 Å². The van der Waals surface area contributed by atoms with Crippen LogP contribution in [0.15, 0.2) is 48.5 Å². The summed E-state index contributed by atoms with van der Waals surface area (Å²) < 4.78 is 27.5. The Morgan fingerprint density at radius 1 is 0.947 bits per heavy atom. The normalized spacial score (nSPS) is 12.4. The number of hydrogen-bond donors (Lipinski definition) is 1. The lowest BCUT2D eigenvalue weighted by Crippen LogP contribution is -2.20. The largest absolute Gasteiger partial charge is 0.319 e. The van der Waals surface area contributed by atoms with Crippen LogP contribution in [-0.4, -0.2) is 13.6 Å². The zero-order valence-corrected chi connectivity index (χ0v) is 10.9. The predicted octanol–water partition coefficient (Wildman–Crippen LogP) is 3.51. The summed E-state index contributed by atoms with van der Waals surface area (Å²) >= 11 is 0. The van der Waals surface area contributed by atoms with Gasteiger partial charge in [0.2, 0.25) is 0 Å². The molecule has 0 heterocycles. The average Bonchev–Trinajstić information content (AvgIpc) is 2.41. The van der Waals surface area contributed by atoms with E-state index in [1.54, 1.807) is 30.3 Å². The van der Waals surface area contributed by atoms with E-state index in [0.29, 0.717) is 24.1 Å². The Morgan fingerprint density at radius 2 is 1.58 bits per heavy atom. The summed E-state index contributed by atoms with van der Waals surface area (Å²) in [6, 6.07) is 13.3. The highest BCUT2D eigenvalue weighted by molar-refractivity contribution is 5.26. The van der Waals surface area contributed by atoms with E-state index in [0.717, 1.165) is 0 Å². The molecule has 2 aromatic rings. The van der Waals surface area contributed by atoms with Crippen LogP contribution in [0.4, 0.5) is 8.78 Å². The molecule has 0 aliphatic rings. The number of rotatable bonds is 5. The van der Waals surface area contributed by atoms with Crippen molar-refractivity contribution >= 4 is 0 Å². The first-order valence-electron chi connectivity index (χ1n) is 6.34. The molecule has 1 atom stereocenters. The van der Waals surface area contributed by atoms with Gasteiger partial charge in [-0.05, 0) is 36.7 Å². The molecule has 0 radical (unpaired) electrons. The number of hydrogen-bond acceptors (Lipinski definition) is 1. The van der Waals surface area contributed by atoms with Crippen molar-refractivity contribution in [2.75, 3.05) is 13.6 Å². The van der Waals surface area contributed by atoms with Crippen molar-refractivity contribution in [3.05, 3.63) is 71.3 Å². The number of nitrogens with one attached hydrogen (secondary N) is 1. The molecular formula is C16H17F2N. The lowest BCUT2D eigenvalue weighted by atomic mass is 9.91. The van der Waals surface area contributed by atoms with E-state index >= 15 is 0 Å². The molecule has 1 nitrogen and oxygen atoms in total. The van der Waals surface area contributed by atoms with Crippen LogP contribution in [0.5, 0.6) is 0 Å². The van der Waals surface area contributed by atoms with E-state index in [1.807, 2.05) is 13.1 Å². The topological polar surface area (TPSA) is 12.0 Å². The number of halogens is 2. The fourth-order valence-electron chi connectivity index (χ4n) is 2.27. The smallest absolute Gasteiger partial charge is 0.126 e. The highest BCUT2D eigenvalue weighted by atomic mass is 19.1. The summed E-state index contributed by atoms with van der Waals surface area (Å²) in [5.41, 5.74) is 1.24. The third-order valence-corrected chi connectivity index (χ3v) is 3.22. The van der Waals surface area contributed by atoms with Crippen LogP contribution in [-0.2, 0) is 6.42 Å². The predicted molar refractivity (Wildman–Crippen MR) is 73.2 cm³/mol. The summed E-state index contributed by atoms with van der Waals surface area (Å²) in [5, 5.41) is 3.04. The summed E-state index contributed by atoms with van der Waals surface area (Å²) in [6.45, 7) is 0.606. The molecule has 0 saturated heterocycles. The van der Waals surface area contributed by atoms with Gasteiger partial charge in [0.05, 0.1) is 0 Å². The zero-order chi connectivity index (χ0) is 13.7. The van der Waals surface area contributed by atoms with E-state index in [4.69, 9.17) is 0 Å². The van der Waals surface area contributed by atoms with Gasteiger partial charge in [0.15, 0.2) is 0 Å². The van der Waals surface area contributed by atoms with Gasteiger partial charge >= 0.3 is 0 Å². The van der Waals surface area contributed by atoms with Crippen molar-refractivity contribution in [2.24, 2.45) is 0 Å². The summed E-state index contributed by atoms with van der Waals surface area (Å²) in [4.78, 5) is 0. The van der Waals surface area contributed by atoms with Crippen molar-refractivity contribution < 1.29 is 8.78 Å². The minimum atomic E-state index is -0.237. The Balaban J connectivity index is 2.27. The maximum atomic E-state index is 13.8. The monoisotopic (exact) mass is 261 g/mol. The van der Waals surface area contributed by atoms with Crippen LogP contribution in [0.3, 0.4) is 0 Å². The molecule has 2 aromatic carbocycles. The molecule has 19 heavy (non-hydrogen) atoms. The molecule has 0 aliphatic carbocycles. The van der Waals surface area contributed by atoms with Crippen LogP contribution in [0, 0.1) is 11.6 Å². The lowest BCUT2D eigenvalue weighted by molar-refractivity contribution is 0.541. The van der Waals surface area contributed by atoms with Gasteiger partial charge in [0.25, 0.3) is 0 Å². The molecule has 0 spiro atoms. The third-order valence-electron chi connectivity index (χ3n) is 3.22. The van der Waals surface area contributed by atoms with Crippen molar-refractivity contribution in [3.8, 4) is 0 Å². The minimum Gasteiger partial charge on any atom is -0.319 e. The van der Waals surface area contributed by atoms with Gasteiger partial charge in [-0.3, -0.25) is 0 Å². The van der Waals surface area contributed by atoms with Crippen LogP contribution < -0.4 is 5.32 Å². The maximum absolute atomic E-state index is 13.8. The average molecular weight is 261 g/mol. The van der Waals surface area contributed by atoms with E-state index < -0.39 is 0 Å². The van der Waals surface area contributed by atoms with Crippen LogP contribution in [0.25, 0.3) is 0 Å². The highest BCUT2D eigenvalue weighted by Gasteiger charge is 2.16. The Bertz CT molecular complexity index is 540. The van der Waals surface area contributed by atoms with Crippen LogP contribution >= 0.6 is 0 Å². The first-order chi connectivity index (χ1) is 9.22. The summed E-state index contributed by atoms with van der Waals surface area (Å²) in [6.07, 6.45) is 0.481. The molecule has 3 heteroatoms. The van der Waals surface area contributed by atoms with Gasteiger partial charge in [0.1, 0.15) is 11.6 Å². The Hall–Kier alpha value is -1.74. The number of likely N-dealkylation sites (N-methyl/N-ethyl adjacent to an activating group) is 1. The Morgan fingerprint density at radius 3 is 2.21 bits per heavy atom. The fourth-order valence-corrected chi connectivity index (χ4v) is 2.27. The van der Waals surface area contributed by atoms with Crippen molar-refractivity contribution in [3.63, 3.8) is 0 Å². The third kappa shape index (κ3) is 3.38. The van der Waals surface area contributed by atoms with Crippen molar-refractivity contribution in [2.45, 2.75) is 12.3 Å². The molecule has 1 unspecified atom stereocenters. The summed E-state index contributed by atoms with van der Waals surface area (Å²) in [7, 11) is 1.81. The summed E-state index contributed by atoms with van der Waals surface area (Å²) in [5.74, 6) is -0.554. The number of benzene rings is 2. The molecule has 100 valence electrons. The van der Waals surface area contributed by atoms with Crippen molar-refractivity contribution in [1.29, 1.82) is 0 Å². The molecule has 1 N–H and O–H groups in total. The first kappa shape index (κ1) is 13.7. The van der Waals surface area contributed by atoms with Crippen LogP contribution in [0.1, 0.15) is 17.0 Å². The second-order valence-electron chi connectivity index (χ2n) is 4.57. The molecule has 0 bridgehead atoms. The molecular weight excluding hydrogens is 244 g/mol. The highest BCUT2D eigenvalue weighted by Crippen LogP contribution is 2.24. The van der Waals surface area contributed by atoms with Crippen LogP contribution in [0.2, 0.25) is 0 Å². The molecule has 0 amide bonds. The fraction of sp³-hybridized carbons (Fsp3) is 0.250. The van der Waals surface area contributed by atoms with Crippen molar-refractivity contribution in [1.82, 2.24) is 5.32 Å². The Kier molecular flexibility index (Phi) is 4.63. The van der Waals surface area contributed by atoms with Gasteiger partial charge < -0.3 is 5.32 Å². The first-order valence-corrected chi connectivity index (χ1v) is 6.34. The molecule has 2 rings (SSSR count). The van der Waals surface area contributed by atoms with Gasteiger partial charge in [-0.15, -0.1) is 0 Å². The molecule has 0 saturated carbocycles. The molecule has 0 aromatic heterocycles. The SMILES string of the molecule is CNCC(Cc1ccccc1F)c1ccccc1F. The lowest BCUT2D eigenvalue weighted by Gasteiger charge is -2.18. The standard InChI is InChI=1S/C16H17F2N/c1-19-11-13(14-7-3-5-9-16(14)18)10-12-6-2-4-8-15(12)17/h2-9,13,19H,10-11H2,1H3. The molecule has 0 fully saturated rings. The van der Waals surface area contributed by atoms with Gasteiger partial charge in [-0.1, -0.05) is 36.4 Å². The van der Waals surface area contributed by atoms with E-state index in [-0.39, 0.29) is 17.6 Å². The second-order valence-corrected chi connectivity index (χ2v) is 4.57. The molecule has 0 aliphatic heterocycles.